The van der Waals surface area contributed by atoms with Gasteiger partial charge in [0.2, 0.25) is 5.76 Å². The predicted molar refractivity (Wildman–Crippen MR) is 82.7 cm³/mol. The van der Waals surface area contributed by atoms with Crippen LogP contribution in [-0.4, -0.2) is 29.3 Å². The highest BCUT2D eigenvalue weighted by Crippen LogP contribution is 2.22. The molecular weight excluding hydrogens is 340 g/mol. The van der Waals surface area contributed by atoms with Gasteiger partial charge in [-0.2, -0.15) is 4.99 Å². The Labute approximate surface area is 139 Å². The van der Waals surface area contributed by atoms with E-state index in [4.69, 9.17) is 9.26 Å². The van der Waals surface area contributed by atoms with Crippen molar-refractivity contribution in [3.8, 4) is 0 Å². The standard InChI is InChI=1S/C15H13F2N3O3S/c1-8-5-11(23-19-8)14(21)18-15-20(3-4-22-2)13-10(17)6-9(16)7-12(13)24-15/h5-7H,3-4H2,1-2H3. The molecule has 0 fully saturated rings. The molecule has 0 bridgehead atoms. The predicted octanol–water partition coefficient (Wildman–Crippen LogP) is 2.66. The van der Waals surface area contributed by atoms with E-state index in [1.807, 2.05) is 0 Å². The van der Waals surface area contributed by atoms with E-state index < -0.39 is 17.5 Å². The van der Waals surface area contributed by atoms with Crippen LogP contribution in [0.25, 0.3) is 10.2 Å². The number of carbonyl (C=O) groups excluding carboxylic acids is 1. The number of aromatic nitrogens is 2. The van der Waals surface area contributed by atoms with Gasteiger partial charge >= 0.3 is 5.91 Å². The largest absolute Gasteiger partial charge is 0.383 e. The van der Waals surface area contributed by atoms with Gasteiger partial charge in [-0.05, 0) is 13.0 Å². The zero-order chi connectivity index (χ0) is 17.3. The molecule has 0 radical (unpaired) electrons. The van der Waals surface area contributed by atoms with E-state index in [1.54, 1.807) is 6.92 Å². The molecule has 0 N–H and O–H groups in total. The molecule has 9 heteroatoms. The fraction of sp³-hybridized carbons (Fsp3) is 0.267. The van der Waals surface area contributed by atoms with Crippen molar-refractivity contribution in [1.82, 2.24) is 9.72 Å². The molecule has 0 atom stereocenters. The Bertz CT molecular complexity index is 974. The van der Waals surface area contributed by atoms with Crippen molar-refractivity contribution < 1.29 is 22.8 Å². The van der Waals surface area contributed by atoms with Gasteiger partial charge in [-0.3, -0.25) is 4.79 Å². The Morgan fingerprint density at radius 3 is 2.88 bits per heavy atom. The quantitative estimate of drug-likeness (QED) is 0.723. The van der Waals surface area contributed by atoms with Crippen molar-refractivity contribution in [3.63, 3.8) is 0 Å². The van der Waals surface area contributed by atoms with Gasteiger partial charge in [0.15, 0.2) is 10.6 Å². The minimum Gasteiger partial charge on any atom is -0.383 e. The lowest BCUT2D eigenvalue weighted by Crippen LogP contribution is -2.19. The number of amides is 1. The number of thiazole rings is 1. The molecule has 0 unspecified atom stereocenters. The number of fused-ring (bicyclic) bond motifs is 1. The Morgan fingerprint density at radius 2 is 2.21 bits per heavy atom. The number of halogens is 2. The summed E-state index contributed by atoms with van der Waals surface area (Å²) in [6.07, 6.45) is 0. The molecule has 0 saturated carbocycles. The molecule has 0 spiro atoms. The summed E-state index contributed by atoms with van der Waals surface area (Å²) >= 11 is 1.01. The van der Waals surface area contributed by atoms with Gasteiger partial charge in [-0.1, -0.05) is 16.5 Å². The molecule has 2 heterocycles. The van der Waals surface area contributed by atoms with Gasteiger partial charge in [0.05, 0.1) is 22.5 Å². The van der Waals surface area contributed by atoms with Crippen LogP contribution in [-0.2, 0) is 11.3 Å². The van der Waals surface area contributed by atoms with Crippen LogP contribution in [0.2, 0.25) is 0 Å². The van der Waals surface area contributed by atoms with Gasteiger partial charge in [0.25, 0.3) is 0 Å². The monoisotopic (exact) mass is 353 g/mol. The average Bonchev–Trinajstić information content (AvgIpc) is 3.09. The first-order valence-corrected chi connectivity index (χ1v) is 7.81. The number of aryl methyl sites for hydroxylation is 1. The number of ether oxygens (including phenoxy) is 1. The third-order valence-electron chi connectivity index (χ3n) is 3.25. The maximum Gasteiger partial charge on any atom is 0.318 e. The molecule has 0 aliphatic carbocycles. The van der Waals surface area contributed by atoms with Gasteiger partial charge in [0.1, 0.15) is 5.82 Å². The maximum absolute atomic E-state index is 14.2. The molecule has 3 rings (SSSR count). The van der Waals surface area contributed by atoms with Crippen LogP contribution in [0.4, 0.5) is 8.78 Å². The number of benzene rings is 1. The molecule has 0 saturated heterocycles. The second-order valence-corrected chi connectivity index (χ2v) is 6.02. The molecule has 6 nitrogen and oxygen atoms in total. The molecule has 0 aliphatic rings. The van der Waals surface area contributed by atoms with Crippen LogP contribution in [0.3, 0.4) is 0 Å². The molecule has 0 aliphatic heterocycles. The second kappa shape index (κ2) is 6.62. The number of hydrogen-bond donors (Lipinski definition) is 0. The Morgan fingerprint density at radius 1 is 1.42 bits per heavy atom. The van der Waals surface area contributed by atoms with E-state index in [-0.39, 0.29) is 29.2 Å². The summed E-state index contributed by atoms with van der Waals surface area (Å²) in [5, 5.41) is 3.63. The van der Waals surface area contributed by atoms with Crippen molar-refractivity contribution >= 4 is 27.5 Å². The average molecular weight is 353 g/mol. The summed E-state index contributed by atoms with van der Waals surface area (Å²) in [5.41, 5.74) is 0.726. The SMILES string of the molecule is COCCn1c(=NC(=O)c2cc(C)no2)sc2cc(F)cc(F)c21. The highest BCUT2D eigenvalue weighted by Gasteiger charge is 2.16. The van der Waals surface area contributed by atoms with Crippen LogP contribution in [0.5, 0.6) is 0 Å². The third kappa shape index (κ3) is 3.13. The Kier molecular flexibility index (Phi) is 4.54. The normalized spacial score (nSPS) is 12.2. The van der Waals surface area contributed by atoms with Crippen molar-refractivity contribution in [2.75, 3.05) is 13.7 Å². The number of hydrogen-bond acceptors (Lipinski definition) is 5. The summed E-state index contributed by atoms with van der Waals surface area (Å²) in [7, 11) is 1.50. The van der Waals surface area contributed by atoms with Gasteiger partial charge in [-0.25, -0.2) is 8.78 Å². The van der Waals surface area contributed by atoms with Crippen LogP contribution in [0.15, 0.2) is 27.7 Å². The second-order valence-electron chi connectivity index (χ2n) is 5.01. The van der Waals surface area contributed by atoms with Crippen molar-refractivity contribution in [2.45, 2.75) is 13.5 Å². The van der Waals surface area contributed by atoms with Crippen LogP contribution < -0.4 is 4.80 Å². The van der Waals surface area contributed by atoms with Crippen LogP contribution >= 0.6 is 11.3 Å². The van der Waals surface area contributed by atoms with Crippen LogP contribution in [0.1, 0.15) is 16.2 Å². The fourth-order valence-corrected chi connectivity index (χ4v) is 3.30. The molecule has 126 valence electrons. The van der Waals surface area contributed by atoms with Crippen molar-refractivity contribution in [1.29, 1.82) is 0 Å². The Hall–Kier alpha value is -2.39. The summed E-state index contributed by atoms with van der Waals surface area (Å²) in [6.45, 7) is 2.22. The third-order valence-corrected chi connectivity index (χ3v) is 4.28. The van der Waals surface area contributed by atoms with Crippen molar-refractivity contribution in [3.05, 3.63) is 46.1 Å². The van der Waals surface area contributed by atoms with E-state index in [2.05, 4.69) is 10.1 Å². The van der Waals surface area contributed by atoms with E-state index in [1.165, 1.54) is 23.8 Å². The van der Waals surface area contributed by atoms with E-state index in [0.29, 0.717) is 10.4 Å². The topological polar surface area (TPSA) is 69.6 Å². The highest BCUT2D eigenvalue weighted by atomic mass is 32.1. The van der Waals surface area contributed by atoms with E-state index in [9.17, 15) is 13.6 Å². The summed E-state index contributed by atoms with van der Waals surface area (Å²) < 4.78 is 39.3. The first kappa shape index (κ1) is 16.5. The molecular formula is C15H13F2N3O3S. The smallest absolute Gasteiger partial charge is 0.318 e. The van der Waals surface area contributed by atoms with E-state index >= 15 is 0 Å². The lowest BCUT2D eigenvalue weighted by molar-refractivity contribution is 0.0962. The summed E-state index contributed by atoms with van der Waals surface area (Å²) in [5.74, 6) is -2.07. The lowest BCUT2D eigenvalue weighted by Gasteiger charge is -2.04. The molecule has 3 aromatic rings. The number of methoxy groups -OCH3 is 1. The van der Waals surface area contributed by atoms with Crippen molar-refractivity contribution in [2.24, 2.45) is 4.99 Å². The van der Waals surface area contributed by atoms with Gasteiger partial charge < -0.3 is 13.8 Å². The molecule has 24 heavy (non-hydrogen) atoms. The van der Waals surface area contributed by atoms with Gasteiger partial charge in [0, 0.05) is 25.8 Å². The molecule has 1 amide bonds. The first-order chi connectivity index (χ1) is 11.5. The molecule has 1 aromatic carbocycles. The summed E-state index contributed by atoms with van der Waals surface area (Å²) in [6, 6.07) is 3.46. The molecule has 2 aromatic heterocycles. The maximum atomic E-state index is 14.2. The lowest BCUT2D eigenvalue weighted by atomic mass is 10.3. The minimum absolute atomic E-state index is 0.0186. The highest BCUT2D eigenvalue weighted by molar-refractivity contribution is 7.16. The van der Waals surface area contributed by atoms with Crippen LogP contribution in [0, 0.1) is 18.6 Å². The van der Waals surface area contributed by atoms with Gasteiger partial charge in [-0.15, -0.1) is 0 Å². The first-order valence-electron chi connectivity index (χ1n) is 6.99. The number of nitrogens with zero attached hydrogens (tertiary/aromatic N) is 3. The zero-order valence-electron chi connectivity index (χ0n) is 12.9. The zero-order valence-corrected chi connectivity index (χ0v) is 13.7. The number of rotatable bonds is 4. The number of carbonyl (C=O) groups is 1. The Balaban J connectivity index is 2.17. The van der Waals surface area contributed by atoms with E-state index in [0.717, 1.165) is 17.4 Å². The fourth-order valence-electron chi connectivity index (χ4n) is 2.21. The minimum atomic E-state index is -0.721. The summed E-state index contributed by atoms with van der Waals surface area (Å²) in [4.78, 5) is 16.4.